The fourth-order valence-electron chi connectivity index (χ4n) is 1.76. The standard InChI is InChI=1S/C16H20FNO2/c1-12(2)5-3-9-18-16(20)15-11-14(17)8-7-13(15)6-4-10-19/h7-8,11-12,19H,3,5,9-10H2,1-2H3,(H,18,20). The van der Waals surface area contributed by atoms with Crippen molar-refractivity contribution in [3.63, 3.8) is 0 Å². The molecule has 1 aromatic rings. The van der Waals surface area contributed by atoms with Gasteiger partial charge < -0.3 is 10.4 Å². The van der Waals surface area contributed by atoms with Gasteiger partial charge in [-0.2, -0.15) is 0 Å². The molecule has 1 amide bonds. The molecule has 1 rings (SSSR count). The van der Waals surface area contributed by atoms with E-state index in [9.17, 15) is 9.18 Å². The highest BCUT2D eigenvalue weighted by molar-refractivity contribution is 5.96. The van der Waals surface area contributed by atoms with Crippen molar-refractivity contribution in [1.82, 2.24) is 5.32 Å². The molecule has 0 saturated heterocycles. The Hall–Kier alpha value is -1.86. The molecule has 3 nitrogen and oxygen atoms in total. The molecule has 0 saturated carbocycles. The van der Waals surface area contributed by atoms with Crippen LogP contribution in [-0.4, -0.2) is 24.2 Å². The summed E-state index contributed by atoms with van der Waals surface area (Å²) in [5, 5.41) is 11.5. The Kier molecular flexibility index (Phi) is 6.75. The van der Waals surface area contributed by atoms with Crippen molar-refractivity contribution in [2.24, 2.45) is 5.92 Å². The van der Waals surface area contributed by atoms with Crippen molar-refractivity contribution in [2.75, 3.05) is 13.2 Å². The van der Waals surface area contributed by atoms with Gasteiger partial charge in [-0.25, -0.2) is 4.39 Å². The number of aliphatic hydroxyl groups excluding tert-OH is 1. The molecular formula is C16H20FNO2. The van der Waals surface area contributed by atoms with E-state index in [4.69, 9.17) is 5.11 Å². The van der Waals surface area contributed by atoms with Crippen molar-refractivity contribution >= 4 is 5.91 Å². The number of nitrogens with one attached hydrogen (secondary N) is 1. The number of hydrogen-bond acceptors (Lipinski definition) is 2. The summed E-state index contributed by atoms with van der Waals surface area (Å²) in [6.07, 6.45) is 1.91. The lowest BCUT2D eigenvalue weighted by molar-refractivity contribution is 0.0952. The van der Waals surface area contributed by atoms with Crippen LogP contribution < -0.4 is 5.32 Å². The number of aliphatic hydroxyl groups is 1. The maximum absolute atomic E-state index is 13.2. The minimum atomic E-state index is -0.480. The minimum Gasteiger partial charge on any atom is -0.384 e. The van der Waals surface area contributed by atoms with E-state index in [0.29, 0.717) is 18.0 Å². The molecule has 0 atom stereocenters. The monoisotopic (exact) mass is 277 g/mol. The van der Waals surface area contributed by atoms with E-state index in [1.54, 1.807) is 0 Å². The lowest BCUT2D eigenvalue weighted by Crippen LogP contribution is -2.25. The quantitative estimate of drug-likeness (QED) is 0.641. The van der Waals surface area contributed by atoms with Crippen LogP contribution in [-0.2, 0) is 0 Å². The molecular weight excluding hydrogens is 257 g/mol. The van der Waals surface area contributed by atoms with Crippen molar-refractivity contribution < 1.29 is 14.3 Å². The molecule has 0 aliphatic rings. The van der Waals surface area contributed by atoms with E-state index in [-0.39, 0.29) is 18.1 Å². The number of benzene rings is 1. The van der Waals surface area contributed by atoms with Gasteiger partial charge >= 0.3 is 0 Å². The van der Waals surface area contributed by atoms with Gasteiger partial charge in [0.25, 0.3) is 5.91 Å². The summed E-state index contributed by atoms with van der Waals surface area (Å²) in [6, 6.07) is 3.86. The van der Waals surface area contributed by atoms with Crippen molar-refractivity contribution in [3.05, 3.63) is 35.1 Å². The summed E-state index contributed by atoms with van der Waals surface area (Å²) < 4.78 is 13.2. The largest absolute Gasteiger partial charge is 0.384 e. The van der Waals surface area contributed by atoms with Crippen molar-refractivity contribution in [2.45, 2.75) is 26.7 Å². The SMILES string of the molecule is CC(C)CCCNC(=O)c1cc(F)ccc1C#CCO. The molecule has 2 N–H and O–H groups in total. The van der Waals surface area contributed by atoms with Gasteiger partial charge in [-0.05, 0) is 37.0 Å². The zero-order chi connectivity index (χ0) is 15.0. The number of carbonyl (C=O) groups excluding carboxylic acids is 1. The smallest absolute Gasteiger partial charge is 0.252 e. The Morgan fingerprint density at radius 1 is 1.45 bits per heavy atom. The average molecular weight is 277 g/mol. The van der Waals surface area contributed by atoms with Crippen LogP contribution in [0.3, 0.4) is 0 Å². The van der Waals surface area contributed by atoms with Crippen LogP contribution in [0.1, 0.15) is 42.6 Å². The van der Waals surface area contributed by atoms with Gasteiger partial charge in [-0.15, -0.1) is 0 Å². The summed E-state index contributed by atoms with van der Waals surface area (Å²) in [6.45, 7) is 4.50. The molecule has 0 bridgehead atoms. The van der Waals surface area contributed by atoms with Gasteiger partial charge in [0.2, 0.25) is 0 Å². The molecule has 108 valence electrons. The molecule has 0 aliphatic heterocycles. The van der Waals surface area contributed by atoms with Gasteiger partial charge in [0.1, 0.15) is 12.4 Å². The highest BCUT2D eigenvalue weighted by atomic mass is 19.1. The number of rotatable bonds is 5. The number of carbonyl (C=O) groups is 1. The maximum atomic E-state index is 13.2. The van der Waals surface area contributed by atoms with E-state index in [2.05, 4.69) is 31.0 Å². The molecule has 0 spiro atoms. The summed E-state index contributed by atoms with van der Waals surface area (Å²) in [5.41, 5.74) is 0.623. The van der Waals surface area contributed by atoms with Crippen LogP contribution in [0.15, 0.2) is 18.2 Å². The highest BCUT2D eigenvalue weighted by Crippen LogP contribution is 2.11. The molecule has 0 unspecified atom stereocenters. The lowest BCUT2D eigenvalue weighted by Gasteiger charge is -2.08. The average Bonchev–Trinajstić information content (AvgIpc) is 2.41. The number of halogens is 1. The Labute approximate surface area is 119 Å². The first-order valence-electron chi connectivity index (χ1n) is 6.72. The molecule has 0 heterocycles. The molecule has 0 fully saturated rings. The Bertz CT molecular complexity index is 515. The predicted molar refractivity (Wildman–Crippen MR) is 76.8 cm³/mol. The molecule has 0 aromatic heterocycles. The fourth-order valence-corrected chi connectivity index (χ4v) is 1.76. The molecule has 4 heteroatoms. The Morgan fingerprint density at radius 3 is 2.85 bits per heavy atom. The summed E-state index contributed by atoms with van der Waals surface area (Å²) in [4.78, 5) is 12.0. The second-order valence-corrected chi connectivity index (χ2v) is 4.94. The Balaban J connectivity index is 2.73. The first kappa shape index (κ1) is 16.2. The van der Waals surface area contributed by atoms with Gasteiger partial charge in [-0.3, -0.25) is 4.79 Å². The van der Waals surface area contributed by atoms with E-state index >= 15 is 0 Å². The third kappa shape index (κ3) is 5.41. The van der Waals surface area contributed by atoms with Crippen molar-refractivity contribution in [3.8, 4) is 11.8 Å². The summed E-state index contributed by atoms with van der Waals surface area (Å²) in [7, 11) is 0. The van der Waals surface area contributed by atoms with Gasteiger partial charge in [0, 0.05) is 12.1 Å². The van der Waals surface area contributed by atoms with Gasteiger partial charge in [-0.1, -0.05) is 25.7 Å². The van der Waals surface area contributed by atoms with Crippen LogP contribution in [0.25, 0.3) is 0 Å². The number of hydrogen-bond donors (Lipinski definition) is 2. The second-order valence-electron chi connectivity index (χ2n) is 4.94. The highest BCUT2D eigenvalue weighted by Gasteiger charge is 2.11. The van der Waals surface area contributed by atoms with Crippen molar-refractivity contribution in [1.29, 1.82) is 0 Å². The number of amides is 1. The van der Waals surface area contributed by atoms with E-state index in [1.807, 2.05) is 0 Å². The normalized spacial score (nSPS) is 10.1. The second kappa shape index (κ2) is 8.34. The lowest BCUT2D eigenvalue weighted by atomic mass is 10.1. The zero-order valence-corrected chi connectivity index (χ0v) is 11.9. The Morgan fingerprint density at radius 2 is 2.20 bits per heavy atom. The predicted octanol–water partition coefficient (Wildman–Crippen LogP) is 2.34. The minimum absolute atomic E-state index is 0.204. The zero-order valence-electron chi connectivity index (χ0n) is 11.9. The summed E-state index contributed by atoms with van der Waals surface area (Å²) >= 11 is 0. The molecule has 20 heavy (non-hydrogen) atoms. The molecule has 0 radical (unpaired) electrons. The maximum Gasteiger partial charge on any atom is 0.252 e. The van der Waals surface area contributed by atoms with E-state index in [0.717, 1.165) is 12.8 Å². The molecule has 0 aliphatic carbocycles. The van der Waals surface area contributed by atoms with Gasteiger partial charge in [0.05, 0.1) is 5.56 Å². The van der Waals surface area contributed by atoms with Gasteiger partial charge in [0.15, 0.2) is 0 Å². The van der Waals surface area contributed by atoms with Crippen LogP contribution in [0.4, 0.5) is 4.39 Å². The van der Waals surface area contributed by atoms with Crippen LogP contribution in [0.2, 0.25) is 0 Å². The third-order valence-corrected chi connectivity index (χ3v) is 2.77. The van der Waals surface area contributed by atoms with Crippen LogP contribution >= 0.6 is 0 Å². The summed E-state index contributed by atoms with van der Waals surface area (Å²) in [5.74, 6) is 4.89. The van der Waals surface area contributed by atoms with E-state index < -0.39 is 5.82 Å². The third-order valence-electron chi connectivity index (χ3n) is 2.77. The first-order valence-corrected chi connectivity index (χ1v) is 6.72. The fraction of sp³-hybridized carbons (Fsp3) is 0.438. The topological polar surface area (TPSA) is 49.3 Å². The first-order chi connectivity index (χ1) is 9.54. The van der Waals surface area contributed by atoms with Crippen LogP contribution in [0.5, 0.6) is 0 Å². The molecule has 1 aromatic carbocycles. The van der Waals surface area contributed by atoms with Crippen LogP contribution in [0, 0.1) is 23.6 Å². The van der Waals surface area contributed by atoms with E-state index in [1.165, 1.54) is 18.2 Å².